The molecule has 7 nitrogen and oxygen atoms in total. The highest BCUT2D eigenvalue weighted by Gasteiger charge is 2.83. The topological polar surface area (TPSA) is 100.0 Å². The van der Waals surface area contributed by atoms with Crippen molar-refractivity contribution < 1.29 is 33.4 Å². The summed E-state index contributed by atoms with van der Waals surface area (Å²) in [6.45, 7) is 5.26. The highest BCUT2D eigenvalue weighted by Crippen LogP contribution is 2.77. The zero-order chi connectivity index (χ0) is 29.9. The van der Waals surface area contributed by atoms with Gasteiger partial charge in [-0.2, -0.15) is 5.06 Å². The highest BCUT2D eigenvalue weighted by atomic mass is 19.1. The zero-order valence-electron chi connectivity index (χ0n) is 24.0. The molecule has 4 aliphatic carbocycles. The summed E-state index contributed by atoms with van der Waals surface area (Å²) in [5, 5.41) is 24.7. The fraction of sp³-hybridized carbons (Fsp3) is 0.545. The number of aromatic nitrogens is 1. The molecule has 0 amide bonds. The van der Waals surface area contributed by atoms with Crippen molar-refractivity contribution in [2.75, 3.05) is 13.2 Å². The molecule has 42 heavy (non-hydrogen) atoms. The Hall–Kier alpha value is -2.85. The molecule has 1 aliphatic heterocycles. The van der Waals surface area contributed by atoms with Gasteiger partial charge in [-0.3, -0.25) is 19.4 Å². The van der Waals surface area contributed by atoms with Gasteiger partial charge >= 0.3 is 0 Å². The summed E-state index contributed by atoms with van der Waals surface area (Å²) in [6, 6.07) is 9.66. The molecule has 9 atom stereocenters. The first-order valence-corrected chi connectivity index (χ1v) is 14.7. The molecule has 0 radical (unpaired) electrons. The van der Waals surface area contributed by atoms with Crippen LogP contribution in [0.3, 0.4) is 0 Å². The Balaban J connectivity index is 1.30. The maximum atomic E-state index is 17.8. The van der Waals surface area contributed by atoms with Crippen LogP contribution in [0.15, 0.2) is 60.3 Å². The first-order valence-electron chi connectivity index (χ1n) is 14.7. The van der Waals surface area contributed by atoms with Gasteiger partial charge in [0.2, 0.25) is 0 Å². The number of carbonyl (C=O) groups is 2. The van der Waals surface area contributed by atoms with Crippen LogP contribution in [0.4, 0.5) is 8.78 Å². The summed E-state index contributed by atoms with van der Waals surface area (Å²) < 4.78 is 33.7. The minimum Gasteiger partial charge on any atom is -0.390 e. The normalized spacial score (nSPS) is 44.4. The Labute approximate surface area is 243 Å². The van der Waals surface area contributed by atoms with Crippen LogP contribution in [0.1, 0.15) is 45.6 Å². The molecular weight excluding hydrogens is 542 g/mol. The van der Waals surface area contributed by atoms with Gasteiger partial charge in [0.05, 0.1) is 11.6 Å². The molecule has 0 spiro atoms. The SMILES string of the molecule is C[C@]12C[C@H](O)[C@@]3(F)[C@@H](C[C@H](F)C4=CC(=O)C=C[C@@]43C)[C@]1(C)C[C@H]1CN(Cc3cccc4ncccc34)O[C@]12C(=O)CO. The quantitative estimate of drug-likeness (QED) is 0.561. The largest absolute Gasteiger partial charge is 0.390 e. The van der Waals surface area contributed by atoms with Gasteiger partial charge in [-0.1, -0.05) is 38.1 Å². The summed E-state index contributed by atoms with van der Waals surface area (Å²) >= 11 is 0. The van der Waals surface area contributed by atoms with Crippen LogP contribution >= 0.6 is 0 Å². The number of ketones is 2. The van der Waals surface area contributed by atoms with E-state index in [1.165, 1.54) is 18.2 Å². The van der Waals surface area contributed by atoms with Crippen molar-refractivity contribution in [2.24, 2.45) is 28.1 Å². The molecule has 0 unspecified atom stereocenters. The van der Waals surface area contributed by atoms with Crippen molar-refractivity contribution in [3.05, 3.63) is 65.9 Å². The summed E-state index contributed by atoms with van der Waals surface area (Å²) in [5.74, 6) is -2.29. The Morgan fingerprint density at radius 2 is 1.98 bits per heavy atom. The second kappa shape index (κ2) is 8.85. The number of aliphatic hydroxyl groups is 2. The zero-order valence-corrected chi connectivity index (χ0v) is 24.0. The molecule has 9 heteroatoms. The van der Waals surface area contributed by atoms with Gasteiger partial charge < -0.3 is 10.2 Å². The van der Waals surface area contributed by atoms with Gasteiger partial charge in [0.1, 0.15) is 12.8 Å². The lowest BCUT2D eigenvalue weighted by atomic mass is 9.39. The number of alkyl halides is 2. The number of nitrogens with zero attached hydrogens (tertiary/aromatic N) is 2. The predicted octanol–water partition coefficient (Wildman–Crippen LogP) is 4.22. The number of fused-ring (bicyclic) bond motifs is 8. The number of benzene rings is 1. The Kier molecular flexibility index (Phi) is 5.89. The molecule has 2 heterocycles. The number of allylic oxidation sites excluding steroid dienone is 4. The molecule has 2 aromatic rings. The maximum absolute atomic E-state index is 17.8. The number of carbonyl (C=O) groups excluding carboxylic acids is 2. The van der Waals surface area contributed by atoms with Crippen LogP contribution < -0.4 is 0 Å². The van der Waals surface area contributed by atoms with E-state index in [-0.39, 0.29) is 18.4 Å². The molecule has 1 aromatic carbocycles. The highest BCUT2D eigenvalue weighted by molar-refractivity contribution is 6.01. The lowest BCUT2D eigenvalue weighted by Crippen LogP contribution is -2.73. The summed E-state index contributed by atoms with van der Waals surface area (Å²) in [4.78, 5) is 37.1. The van der Waals surface area contributed by atoms with E-state index in [0.29, 0.717) is 19.5 Å². The van der Waals surface area contributed by atoms with Crippen LogP contribution in [0.5, 0.6) is 0 Å². The number of halogens is 2. The van der Waals surface area contributed by atoms with Crippen molar-refractivity contribution in [1.82, 2.24) is 10.0 Å². The van der Waals surface area contributed by atoms with E-state index in [1.54, 1.807) is 18.2 Å². The number of hydroxylamine groups is 2. The number of Topliss-reactive ketones (excluding diaryl/α,β-unsaturated/α-hetero) is 1. The smallest absolute Gasteiger partial charge is 0.192 e. The average molecular weight is 579 g/mol. The van der Waals surface area contributed by atoms with E-state index in [1.807, 2.05) is 44.2 Å². The number of hydrogen-bond donors (Lipinski definition) is 2. The van der Waals surface area contributed by atoms with Gasteiger partial charge in [0.15, 0.2) is 22.8 Å². The third kappa shape index (κ3) is 3.15. The van der Waals surface area contributed by atoms with Crippen LogP contribution in [0, 0.1) is 28.1 Å². The van der Waals surface area contributed by atoms with E-state index >= 15 is 8.78 Å². The van der Waals surface area contributed by atoms with Gasteiger partial charge in [-0.15, -0.1) is 0 Å². The first kappa shape index (κ1) is 28.0. The maximum Gasteiger partial charge on any atom is 0.192 e. The molecule has 4 fully saturated rings. The van der Waals surface area contributed by atoms with Crippen molar-refractivity contribution in [3.63, 3.8) is 0 Å². The van der Waals surface area contributed by atoms with Gasteiger partial charge in [0.25, 0.3) is 0 Å². The summed E-state index contributed by atoms with van der Waals surface area (Å²) in [7, 11) is 0. The molecule has 5 aliphatic rings. The van der Waals surface area contributed by atoms with Crippen LogP contribution in [0.2, 0.25) is 0 Å². The standard InChI is InChI=1S/C33H36F2N2O5/c1-29-10-9-21(39)12-23(29)24(34)13-26-30(2)14-20-17-37(16-19-6-4-8-25-22(19)7-5-11-36-25)42-33(20,28(41)18-38)31(30,3)15-27(40)32(26,29)35/h4-12,20,24,26-27,38,40H,13-18H2,1-3H3/t20-,24-,26-,27-,29-,30-,31-,32-,33-/m0/s1. The minimum absolute atomic E-state index is 0.0614. The Bertz CT molecular complexity index is 1570. The monoisotopic (exact) mass is 578 g/mol. The van der Waals surface area contributed by atoms with Crippen LogP contribution in [-0.2, 0) is 21.0 Å². The minimum atomic E-state index is -2.27. The Morgan fingerprint density at radius 3 is 2.74 bits per heavy atom. The molecular formula is C33H36F2N2O5. The first-order chi connectivity index (χ1) is 19.9. The summed E-state index contributed by atoms with van der Waals surface area (Å²) in [5.41, 5.74) is -5.54. The molecule has 0 bridgehead atoms. The van der Waals surface area contributed by atoms with Crippen molar-refractivity contribution in [2.45, 2.75) is 70.1 Å². The van der Waals surface area contributed by atoms with Crippen molar-refractivity contribution >= 4 is 22.5 Å². The van der Waals surface area contributed by atoms with E-state index in [2.05, 4.69) is 4.98 Å². The van der Waals surface area contributed by atoms with Gasteiger partial charge in [0, 0.05) is 47.3 Å². The molecule has 7 rings (SSSR count). The van der Waals surface area contributed by atoms with E-state index in [0.717, 1.165) is 16.5 Å². The lowest BCUT2D eigenvalue weighted by molar-refractivity contribution is -0.289. The number of hydrogen-bond acceptors (Lipinski definition) is 7. The second-order valence-corrected chi connectivity index (χ2v) is 13.7. The number of aliphatic hydroxyl groups excluding tert-OH is 2. The molecule has 1 saturated heterocycles. The van der Waals surface area contributed by atoms with Crippen LogP contribution in [0.25, 0.3) is 10.9 Å². The number of pyridine rings is 1. The molecule has 3 saturated carbocycles. The fourth-order valence-electron chi connectivity index (χ4n) is 9.98. The molecule has 2 N–H and O–H groups in total. The average Bonchev–Trinajstić information content (AvgIpc) is 3.41. The summed E-state index contributed by atoms with van der Waals surface area (Å²) in [6.07, 6.45) is 2.46. The second-order valence-electron chi connectivity index (χ2n) is 13.7. The lowest BCUT2D eigenvalue weighted by Gasteiger charge is -2.67. The molecule has 1 aromatic heterocycles. The fourth-order valence-corrected chi connectivity index (χ4v) is 9.98. The third-order valence-corrected chi connectivity index (χ3v) is 12.1. The molecule has 222 valence electrons. The predicted molar refractivity (Wildman–Crippen MR) is 150 cm³/mol. The van der Waals surface area contributed by atoms with Crippen LogP contribution in [-0.4, -0.2) is 68.5 Å². The number of rotatable bonds is 4. The van der Waals surface area contributed by atoms with Crippen molar-refractivity contribution in [3.8, 4) is 0 Å². The van der Waals surface area contributed by atoms with Crippen molar-refractivity contribution in [1.29, 1.82) is 0 Å². The van der Waals surface area contributed by atoms with E-state index in [9.17, 15) is 19.8 Å². The van der Waals surface area contributed by atoms with Gasteiger partial charge in [-0.05, 0) is 67.0 Å². The van der Waals surface area contributed by atoms with E-state index in [4.69, 9.17) is 4.84 Å². The Morgan fingerprint density at radius 1 is 1.19 bits per heavy atom. The third-order valence-electron chi connectivity index (χ3n) is 12.1. The van der Waals surface area contributed by atoms with Gasteiger partial charge in [-0.25, -0.2) is 8.78 Å². The van der Waals surface area contributed by atoms with E-state index < -0.39 is 69.8 Å².